The molecular formula is C11H11FO3. The Labute approximate surface area is 86.9 Å². The molecule has 0 atom stereocenters. The number of rotatable bonds is 5. The van der Waals surface area contributed by atoms with Crippen LogP contribution in [0, 0.1) is 5.82 Å². The SMILES string of the molecule is CCC(=O)COc1ccc(C=O)cc1F. The molecule has 0 heterocycles. The number of carbonyl (C=O) groups excluding carboxylic acids is 2. The van der Waals surface area contributed by atoms with Gasteiger partial charge in [0.1, 0.15) is 12.9 Å². The molecule has 0 saturated carbocycles. The van der Waals surface area contributed by atoms with Crippen LogP contribution in [0.3, 0.4) is 0 Å². The van der Waals surface area contributed by atoms with Crippen LogP contribution in [-0.4, -0.2) is 18.7 Å². The Balaban J connectivity index is 2.70. The fourth-order valence-corrected chi connectivity index (χ4v) is 0.968. The van der Waals surface area contributed by atoms with Crippen LogP contribution in [0.15, 0.2) is 18.2 Å². The van der Waals surface area contributed by atoms with E-state index in [2.05, 4.69) is 0 Å². The maximum atomic E-state index is 13.2. The Morgan fingerprint density at radius 1 is 1.53 bits per heavy atom. The van der Waals surface area contributed by atoms with E-state index in [0.717, 1.165) is 6.07 Å². The van der Waals surface area contributed by atoms with E-state index in [-0.39, 0.29) is 23.7 Å². The van der Waals surface area contributed by atoms with Crippen molar-refractivity contribution < 1.29 is 18.7 Å². The van der Waals surface area contributed by atoms with Crippen LogP contribution in [0.4, 0.5) is 4.39 Å². The van der Waals surface area contributed by atoms with Crippen molar-refractivity contribution in [2.75, 3.05) is 6.61 Å². The van der Waals surface area contributed by atoms with Gasteiger partial charge in [-0.05, 0) is 18.2 Å². The zero-order valence-corrected chi connectivity index (χ0v) is 8.33. The van der Waals surface area contributed by atoms with E-state index < -0.39 is 5.82 Å². The molecule has 0 N–H and O–H groups in total. The number of ether oxygens (including phenoxy) is 1. The van der Waals surface area contributed by atoms with E-state index in [1.807, 2.05) is 0 Å². The van der Waals surface area contributed by atoms with Crippen molar-refractivity contribution in [2.24, 2.45) is 0 Å². The van der Waals surface area contributed by atoms with E-state index >= 15 is 0 Å². The van der Waals surface area contributed by atoms with Crippen LogP contribution >= 0.6 is 0 Å². The van der Waals surface area contributed by atoms with Gasteiger partial charge in [-0.1, -0.05) is 6.92 Å². The predicted molar refractivity (Wildman–Crippen MR) is 52.6 cm³/mol. The zero-order chi connectivity index (χ0) is 11.3. The summed E-state index contributed by atoms with van der Waals surface area (Å²) in [5.41, 5.74) is 0.238. The highest BCUT2D eigenvalue weighted by atomic mass is 19.1. The lowest BCUT2D eigenvalue weighted by molar-refractivity contribution is -0.120. The maximum Gasteiger partial charge on any atom is 0.169 e. The van der Waals surface area contributed by atoms with Gasteiger partial charge in [-0.2, -0.15) is 0 Å². The van der Waals surface area contributed by atoms with Gasteiger partial charge in [0.05, 0.1) is 0 Å². The van der Waals surface area contributed by atoms with Gasteiger partial charge in [-0.3, -0.25) is 9.59 Å². The summed E-state index contributed by atoms with van der Waals surface area (Å²) in [6.45, 7) is 1.56. The second kappa shape index (κ2) is 5.24. The van der Waals surface area contributed by atoms with Crippen molar-refractivity contribution in [2.45, 2.75) is 13.3 Å². The molecule has 0 unspecified atom stereocenters. The third-order valence-corrected chi connectivity index (χ3v) is 1.88. The second-order valence-corrected chi connectivity index (χ2v) is 2.99. The van der Waals surface area contributed by atoms with E-state index in [1.54, 1.807) is 6.92 Å². The minimum absolute atomic E-state index is 0.0117. The molecule has 0 aliphatic rings. The van der Waals surface area contributed by atoms with Gasteiger partial charge in [-0.25, -0.2) is 4.39 Å². The van der Waals surface area contributed by atoms with Crippen LogP contribution in [0.2, 0.25) is 0 Å². The minimum atomic E-state index is -0.636. The van der Waals surface area contributed by atoms with E-state index in [0.29, 0.717) is 12.7 Å². The molecule has 0 saturated heterocycles. The molecule has 0 fully saturated rings. The standard InChI is InChI=1S/C11H11FO3/c1-2-9(14)7-15-11-4-3-8(6-13)5-10(11)12/h3-6H,2,7H2,1H3. The molecule has 1 aromatic carbocycles. The summed E-state index contributed by atoms with van der Waals surface area (Å²) >= 11 is 0. The number of aldehydes is 1. The summed E-state index contributed by atoms with van der Waals surface area (Å²) in [7, 11) is 0. The van der Waals surface area contributed by atoms with Crippen molar-refractivity contribution in [3.05, 3.63) is 29.6 Å². The molecule has 0 amide bonds. The lowest BCUT2D eigenvalue weighted by Gasteiger charge is -2.05. The van der Waals surface area contributed by atoms with E-state index in [4.69, 9.17) is 4.74 Å². The average molecular weight is 210 g/mol. The molecule has 4 heteroatoms. The molecule has 80 valence electrons. The van der Waals surface area contributed by atoms with Gasteiger partial charge in [0.15, 0.2) is 17.3 Å². The van der Waals surface area contributed by atoms with Gasteiger partial charge < -0.3 is 4.74 Å². The van der Waals surface area contributed by atoms with Crippen molar-refractivity contribution >= 4 is 12.1 Å². The van der Waals surface area contributed by atoms with Crippen molar-refractivity contribution in [1.82, 2.24) is 0 Å². The molecule has 0 radical (unpaired) electrons. The Bertz CT molecular complexity index is 374. The van der Waals surface area contributed by atoms with Gasteiger partial charge >= 0.3 is 0 Å². The fraction of sp³-hybridized carbons (Fsp3) is 0.273. The summed E-state index contributed by atoms with van der Waals surface area (Å²) in [6.07, 6.45) is 0.901. The summed E-state index contributed by atoms with van der Waals surface area (Å²) in [5, 5.41) is 0. The first-order valence-electron chi connectivity index (χ1n) is 4.56. The summed E-state index contributed by atoms with van der Waals surface area (Å²) in [6, 6.07) is 3.84. The van der Waals surface area contributed by atoms with Crippen molar-refractivity contribution in [3.8, 4) is 5.75 Å². The molecule has 15 heavy (non-hydrogen) atoms. The number of benzene rings is 1. The van der Waals surface area contributed by atoms with Gasteiger partial charge in [0.2, 0.25) is 0 Å². The number of hydrogen-bond donors (Lipinski definition) is 0. The first-order chi connectivity index (χ1) is 7.17. The molecule has 0 bridgehead atoms. The van der Waals surface area contributed by atoms with Crippen LogP contribution in [0.25, 0.3) is 0 Å². The minimum Gasteiger partial charge on any atom is -0.483 e. The fourth-order valence-electron chi connectivity index (χ4n) is 0.968. The van der Waals surface area contributed by atoms with E-state index in [9.17, 15) is 14.0 Å². The normalized spacial score (nSPS) is 9.73. The second-order valence-electron chi connectivity index (χ2n) is 2.99. The van der Waals surface area contributed by atoms with Crippen molar-refractivity contribution in [3.63, 3.8) is 0 Å². The highest BCUT2D eigenvalue weighted by Gasteiger charge is 2.06. The quantitative estimate of drug-likeness (QED) is 0.698. The Kier molecular flexibility index (Phi) is 3.97. The van der Waals surface area contributed by atoms with Gasteiger partial charge in [-0.15, -0.1) is 0 Å². The largest absolute Gasteiger partial charge is 0.483 e. The summed E-state index contributed by atoms with van der Waals surface area (Å²) in [4.78, 5) is 21.2. The number of carbonyl (C=O) groups is 2. The number of hydrogen-bond acceptors (Lipinski definition) is 3. The molecule has 1 aromatic rings. The van der Waals surface area contributed by atoms with Crippen molar-refractivity contribution in [1.29, 1.82) is 0 Å². The smallest absolute Gasteiger partial charge is 0.169 e. The highest BCUT2D eigenvalue weighted by molar-refractivity contribution is 5.79. The topological polar surface area (TPSA) is 43.4 Å². The summed E-state index contributed by atoms with van der Waals surface area (Å²) < 4.78 is 18.1. The molecule has 1 rings (SSSR count). The first-order valence-corrected chi connectivity index (χ1v) is 4.56. The molecule has 0 aromatic heterocycles. The van der Waals surface area contributed by atoms with Crippen LogP contribution < -0.4 is 4.74 Å². The van der Waals surface area contributed by atoms with Crippen LogP contribution in [-0.2, 0) is 4.79 Å². The number of Topliss-reactive ketones (excluding diaryl/α,β-unsaturated/α-hetero) is 1. The molecule has 0 aliphatic carbocycles. The third-order valence-electron chi connectivity index (χ3n) is 1.88. The maximum absolute atomic E-state index is 13.2. The van der Waals surface area contributed by atoms with Crippen LogP contribution in [0.1, 0.15) is 23.7 Å². The Hall–Kier alpha value is -1.71. The number of halogens is 1. The Morgan fingerprint density at radius 2 is 2.27 bits per heavy atom. The predicted octanol–water partition coefficient (Wildman–Crippen LogP) is 2.00. The Morgan fingerprint density at radius 3 is 2.80 bits per heavy atom. The highest BCUT2D eigenvalue weighted by Crippen LogP contribution is 2.17. The number of ketones is 1. The van der Waals surface area contributed by atoms with E-state index in [1.165, 1.54) is 12.1 Å². The lowest BCUT2D eigenvalue weighted by atomic mass is 10.2. The first kappa shape index (κ1) is 11.4. The lowest BCUT2D eigenvalue weighted by Crippen LogP contribution is -2.10. The monoisotopic (exact) mass is 210 g/mol. The molecule has 3 nitrogen and oxygen atoms in total. The van der Waals surface area contributed by atoms with Gasteiger partial charge in [0.25, 0.3) is 0 Å². The van der Waals surface area contributed by atoms with Crippen LogP contribution in [0.5, 0.6) is 5.75 Å². The molecule has 0 spiro atoms. The third kappa shape index (κ3) is 3.16. The molecular weight excluding hydrogens is 199 g/mol. The van der Waals surface area contributed by atoms with Gasteiger partial charge in [0, 0.05) is 12.0 Å². The average Bonchev–Trinajstić information content (AvgIpc) is 2.26. The zero-order valence-electron chi connectivity index (χ0n) is 8.33. The summed E-state index contributed by atoms with van der Waals surface area (Å²) in [5.74, 6) is -0.750. The molecule has 0 aliphatic heterocycles.